The molecule has 2 N–H and O–H groups in total. The first kappa shape index (κ1) is 15.0. The summed E-state index contributed by atoms with van der Waals surface area (Å²) in [6.45, 7) is 5.15. The highest BCUT2D eigenvalue weighted by Gasteiger charge is 2.23. The zero-order chi connectivity index (χ0) is 14.4. The monoisotopic (exact) mass is 264 g/mol. The summed E-state index contributed by atoms with van der Waals surface area (Å²) in [5.74, 6) is 0.100. The number of hydrogen-bond acceptors (Lipinski definition) is 3. The minimum atomic E-state index is -0.567. The third kappa shape index (κ3) is 4.28. The molecule has 0 bridgehead atoms. The highest BCUT2D eigenvalue weighted by molar-refractivity contribution is 5.98. The molecule has 5 nitrogen and oxygen atoms in total. The largest absolute Gasteiger partial charge is 0.495 e. The summed E-state index contributed by atoms with van der Waals surface area (Å²) < 4.78 is 5.17. The molecule has 0 radical (unpaired) electrons. The molecule has 5 heteroatoms. The second kappa shape index (κ2) is 6.78. The Bertz CT molecular complexity index is 458. The van der Waals surface area contributed by atoms with Gasteiger partial charge in [0.15, 0.2) is 0 Å². The molecular weight excluding hydrogens is 244 g/mol. The molecule has 0 aliphatic heterocycles. The van der Waals surface area contributed by atoms with Crippen molar-refractivity contribution in [3.8, 4) is 5.75 Å². The number of amides is 2. The highest BCUT2D eigenvalue weighted by Crippen LogP contribution is 2.23. The van der Waals surface area contributed by atoms with E-state index in [1.165, 1.54) is 6.92 Å². The van der Waals surface area contributed by atoms with E-state index in [1.807, 2.05) is 19.9 Å². The lowest BCUT2D eigenvalue weighted by molar-refractivity contribution is -0.126. The maximum atomic E-state index is 12.2. The maximum Gasteiger partial charge on any atom is 0.247 e. The third-order valence-electron chi connectivity index (χ3n) is 2.67. The van der Waals surface area contributed by atoms with Gasteiger partial charge in [-0.15, -0.1) is 0 Å². The van der Waals surface area contributed by atoms with E-state index in [4.69, 9.17) is 4.74 Å². The van der Waals surface area contributed by atoms with Gasteiger partial charge in [-0.2, -0.15) is 0 Å². The van der Waals surface area contributed by atoms with Crippen LogP contribution in [0.1, 0.15) is 20.8 Å². The molecule has 1 atom stereocenters. The Balaban J connectivity index is 2.84. The van der Waals surface area contributed by atoms with E-state index in [1.54, 1.807) is 25.3 Å². The van der Waals surface area contributed by atoms with Gasteiger partial charge in [-0.25, -0.2) is 0 Å². The second-order valence-corrected chi connectivity index (χ2v) is 4.61. The lowest BCUT2D eigenvalue weighted by atomic mass is 10.0. The highest BCUT2D eigenvalue weighted by atomic mass is 16.5. The molecule has 0 aliphatic rings. The van der Waals surface area contributed by atoms with E-state index in [0.717, 1.165) is 0 Å². The van der Waals surface area contributed by atoms with Crippen LogP contribution < -0.4 is 15.4 Å². The second-order valence-electron chi connectivity index (χ2n) is 4.61. The van der Waals surface area contributed by atoms with E-state index < -0.39 is 6.04 Å². The predicted octanol–water partition coefficient (Wildman–Crippen LogP) is 1.79. The first-order valence-electron chi connectivity index (χ1n) is 6.16. The number of methoxy groups -OCH3 is 1. The van der Waals surface area contributed by atoms with Gasteiger partial charge in [0.1, 0.15) is 11.8 Å². The zero-order valence-corrected chi connectivity index (χ0v) is 11.7. The molecule has 104 valence electrons. The van der Waals surface area contributed by atoms with Gasteiger partial charge in [0.2, 0.25) is 11.8 Å². The number of anilines is 1. The molecular formula is C14H20N2O3. The predicted molar refractivity (Wildman–Crippen MR) is 74.1 cm³/mol. The van der Waals surface area contributed by atoms with Crippen LogP contribution in [-0.4, -0.2) is 25.0 Å². The van der Waals surface area contributed by atoms with Crippen molar-refractivity contribution in [2.75, 3.05) is 12.4 Å². The normalized spacial score (nSPS) is 11.8. The molecule has 0 aromatic heterocycles. The third-order valence-corrected chi connectivity index (χ3v) is 2.67. The Kier molecular flexibility index (Phi) is 5.36. The fraction of sp³-hybridized carbons (Fsp3) is 0.429. The standard InChI is InChI=1S/C14H20N2O3/c1-9(2)13(15-10(3)17)14(18)16-11-7-5-6-8-12(11)19-4/h5-9,13H,1-4H3,(H,15,17)(H,16,18). The van der Waals surface area contributed by atoms with Crippen molar-refractivity contribution >= 4 is 17.5 Å². The number of ether oxygens (including phenoxy) is 1. The first-order valence-corrected chi connectivity index (χ1v) is 6.16. The molecule has 1 rings (SSSR count). The van der Waals surface area contributed by atoms with Crippen LogP contribution in [-0.2, 0) is 9.59 Å². The molecule has 19 heavy (non-hydrogen) atoms. The first-order chi connectivity index (χ1) is 8.95. The molecule has 1 aromatic rings. The average molecular weight is 264 g/mol. The van der Waals surface area contributed by atoms with Crippen molar-refractivity contribution in [1.82, 2.24) is 5.32 Å². The number of carbonyl (C=O) groups is 2. The van der Waals surface area contributed by atoms with Gasteiger partial charge in [0.05, 0.1) is 12.8 Å². The minimum Gasteiger partial charge on any atom is -0.495 e. The smallest absolute Gasteiger partial charge is 0.247 e. The summed E-state index contributed by atoms with van der Waals surface area (Å²) in [5, 5.41) is 5.41. The quantitative estimate of drug-likeness (QED) is 0.852. The van der Waals surface area contributed by atoms with Crippen molar-refractivity contribution in [3.05, 3.63) is 24.3 Å². The van der Waals surface area contributed by atoms with E-state index in [0.29, 0.717) is 11.4 Å². The molecule has 0 fully saturated rings. The zero-order valence-electron chi connectivity index (χ0n) is 11.7. The summed E-state index contributed by atoms with van der Waals surface area (Å²) in [5.41, 5.74) is 0.589. The van der Waals surface area contributed by atoms with Crippen LogP contribution in [0, 0.1) is 5.92 Å². The van der Waals surface area contributed by atoms with E-state index >= 15 is 0 Å². The number of benzene rings is 1. The lowest BCUT2D eigenvalue weighted by Crippen LogP contribution is -2.46. The van der Waals surface area contributed by atoms with Gasteiger partial charge in [-0.1, -0.05) is 26.0 Å². The van der Waals surface area contributed by atoms with Crippen LogP contribution in [0.4, 0.5) is 5.69 Å². The van der Waals surface area contributed by atoms with Gasteiger partial charge in [-0.05, 0) is 18.1 Å². The molecule has 1 aromatic carbocycles. The summed E-state index contributed by atoms with van der Waals surface area (Å²) >= 11 is 0. The molecule has 0 saturated heterocycles. The van der Waals surface area contributed by atoms with Crippen molar-refractivity contribution < 1.29 is 14.3 Å². The number of hydrogen-bond donors (Lipinski definition) is 2. The Hall–Kier alpha value is -2.04. The van der Waals surface area contributed by atoms with E-state index in [2.05, 4.69) is 10.6 Å². The fourth-order valence-electron chi connectivity index (χ4n) is 1.71. The molecule has 0 aliphatic carbocycles. The van der Waals surface area contributed by atoms with E-state index in [9.17, 15) is 9.59 Å². The summed E-state index contributed by atoms with van der Waals surface area (Å²) in [6, 6.07) is 6.58. The van der Waals surface area contributed by atoms with Gasteiger partial charge in [0, 0.05) is 6.92 Å². The van der Waals surface area contributed by atoms with Gasteiger partial charge in [0.25, 0.3) is 0 Å². The maximum absolute atomic E-state index is 12.2. The molecule has 1 unspecified atom stereocenters. The molecule has 0 spiro atoms. The summed E-state index contributed by atoms with van der Waals surface area (Å²) in [6.07, 6.45) is 0. The number of nitrogens with one attached hydrogen (secondary N) is 2. The fourth-order valence-corrected chi connectivity index (χ4v) is 1.71. The van der Waals surface area contributed by atoms with Gasteiger partial charge < -0.3 is 15.4 Å². The molecule has 2 amide bonds. The molecule has 0 saturated carbocycles. The van der Waals surface area contributed by atoms with Crippen LogP contribution in [0.5, 0.6) is 5.75 Å². The van der Waals surface area contributed by atoms with Crippen LogP contribution in [0.25, 0.3) is 0 Å². The summed E-state index contributed by atoms with van der Waals surface area (Å²) in [4.78, 5) is 23.3. The van der Waals surface area contributed by atoms with Crippen molar-refractivity contribution in [2.45, 2.75) is 26.8 Å². The summed E-state index contributed by atoms with van der Waals surface area (Å²) in [7, 11) is 1.54. The van der Waals surface area contributed by atoms with Crippen LogP contribution >= 0.6 is 0 Å². The Morgan fingerprint density at radius 1 is 1.21 bits per heavy atom. The Labute approximate surface area is 113 Å². The Morgan fingerprint density at radius 3 is 2.37 bits per heavy atom. The Morgan fingerprint density at radius 2 is 1.84 bits per heavy atom. The minimum absolute atomic E-state index is 0.00129. The SMILES string of the molecule is COc1ccccc1NC(=O)C(NC(C)=O)C(C)C. The van der Waals surface area contributed by atoms with Crippen molar-refractivity contribution in [1.29, 1.82) is 0 Å². The van der Waals surface area contributed by atoms with Gasteiger partial charge >= 0.3 is 0 Å². The number of para-hydroxylation sites is 2. The topological polar surface area (TPSA) is 67.4 Å². The van der Waals surface area contributed by atoms with Crippen molar-refractivity contribution in [3.63, 3.8) is 0 Å². The molecule has 0 heterocycles. The number of carbonyl (C=O) groups excluding carboxylic acids is 2. The number of rotatable bonds is 5. The van der Waals surface area contributed by atoms with Crippen LogP contribution in [0.3, 0.4) is 0 Å². The van der Waals surface area contributed by atoms with Gasteiger partial charge in [-0.3, -0.25) is 9.59 Å². The van der Waals surface area contributed by atoms with E-state index in [-0.39, 0.29) is 17.7 Å². The van der Waals surface area contributed by atoms with Crippen LogP contribution in [0.15, 0.2) is 24.3 Å². The average Bonchev–Trinajstić information content (AvgIpc) is 2.36. The van der Waals surface area contributed by atoms with Crippen molar-refractivity contribution in [2.24, 2.45) is 5.92 Å². The van der Waals surface area contributed by atoms with Crippen LogP contribution in [0.2, 0.25) is 0 Å². The lowest BCUT2D eigenvalue weighted by Gasteiger charge is -2.21.